The van der Waals surface area contributed by atoms with Crippen molar-refractivity contribution in [3.05, 3.63) is 0 Å². The molecule has 0 spiro atoms. The average Bonchev–Trinajstić information content (AvgIpc) is 3.17. The average molecular weight is 280 g/mol. The van der Waals surface area contributed by atoms with Gasteiger partial charge in [0, 0.05) is 12.8 Å². The Morgan fingerprint density at radius 3 is 1.80 bits per heavy atom. The van der Waals surface area contributed by atoms with E-state index in [-0.39, 0.29) is 36.1 Å². The summed E-state index contributed by atoms with van der Waals surface area (Å²) in [5.74, 6) is 0.629. The SMILES string of the molecule is O=C1CC2CC2(COC(=O)OCC23CC2CC(=O)N3)N1. The van der Waals surface area contributed by atoms with Gasteiger partial charge in [0.1, 0.15) is 13.2 Å². The van der Waals surface area contributed by atoms with Gasteiger partial charge in [0.15, 0.2) is 0 Å². The van der Waals surface area contributed by atoms with E-state index in [2.05, 4.69) is 10.6 Å². The number of carbonyl (C=O) groups is 3. The zero-order valence-corrected chi connectivity index (χ0v) is 10.9. The summed E-state index contributed by atoms with van der Waals surface area (Å²) in [5.41, 5.74) is -0.670. The van der Waals surface area contributed by atoms with Crippen molar-refractivity contribution in [3.63, 3.8) is 0 Å². The van der Waals surface area contributed by atoms with Crippen molar-refractivity contribution in [1.82, 2.24) is 10.6 Å². The Kier molecular flexibility index (Phi) is 2.19. The molecule has 7 heteroatoms. The summed E-state index contributed by atoms with van der Waals surface area (Å²) in [7, 11) is 0. The van der Waals surface area contributed by atoms with Crippen LogP contribution in [0, 0.1) is 11.8 Å². The van der Waals surface area contributed by atoms with Gasteiger partial charge in [-0.1, -0.05) is 0 Å². The zero-order chi connectivity index (χ0) is 14.0. The van der Waals surface area contributed by atoms with Crippen molar-refractivity contribution >= 4 is 18.0 Å². The number of piperidine rings is 2. The van der Waals surface area contributed by atoms with Crippen LogP contribution in [0.3, 0.4) is 0 Å². The Balaban J connectivity index is 1.22. The summed E-state index contributed by atoms with van der Waals surface area (Å²) < 4.78 is 10.2. The van der Waals surface area contributed by atoms with Crippen LogP contribution in [-0.4, -0.2) is 42.3 Å². The van der Waals surface area contributed by atoms with Gasteiger partial charge in [0.05, 0.1) is 11.1 Å². The van der Waals surface area contributed by atoms with E-state index in [9.17, 15) is 14.4 Å². The van der Waals surface area contributed by atoms with Crippen molar-refractivity contribution in [2.45, 2.75) is 36.8 Å². The predicted molar refractivity (Wildman–Crippen MR) is 64.5 cm³/mol. The maximum atomic E-state index is 11.6. The van der Waals surface area contributed by atoms with E-state index in [1.807, 2.05) is 0 Å². The smallest absolute Gasteiger partial charge is 0.432 e. The molecule has 2 N–H and O–H groups in total. The molecule has 2 saturated heterocycles. The van der Waals surface area contributed by atoms with Gasteiger partial charge < -0.3 is 20.1 Å². The first-order valence-corrected chi connectivity index (χ1v) is 6.93. The molecule has 2 aliphatic carbocycles. The third-order valence-electron chi connectivity index (χ3n) is 5.00. The monoisotopic (exact) mass is 280 g/mol. The summed E-state index contributed by atoms with van der Waals surface area (Å²) in [6, 6.07) is 0. The van der Waals surface area contributed by atoms with Gasteiger partial charge in [-0.2, -0.15) is 0 Å². The molecule has 2 aliphatic heterocycles. The molecule has 4 atom stereocenters. The molecule has 0 aromatic heterocycles. The zero-order valence-electron chi connectivity index (χ0n) is 10.9. The summed E-state index contributed by atoms with van der Waals surface area (Å²) >= 11 is 0. The summed E-state index contributed by atoms with van der Waals surface area (Å²) in [6.45, 7) is 0.343. The molecule has 0 aromatic carbocycles. The number of fused-ring (bicyclic) bond motifs is 2. The van der Waals surface area contributed by atoms with Crippen molar-refractivity contribution in [2.75, 3.05) is 13.2 Å². The fraction of sp³-hybridized carbons (Fsp3) is 0.769. The first-order valence-electron chi connectivity index (χ1n) is 6.93. The Hall–Kier alpha value is -1.79. The molecule has 20 heavy (non-hydrogen) atoms. The highest BCUT2D eigenvalue weighted by Gasteiger charge is 2.62. The molecule has 4 unspecified atom stereocenters. The highest BCUT2D eigenvalue weighted by molar-refractivity contribution is 5.82. The maximum absolute atomic E-state index is 11.6. The van der Waals surface area contributed by atoms with Gasteiger partial charge in [0.2, 0.25) is 11.8 Å². The molecule has 2 heterocycles. The van der Waals surface area contributed by atoms with E-state index in [1.54, 1.807) is 0 Å². The molecule has 0 aromatic rings. The van der Waals surface area contributed by atoms with Crippen LogP contribution in [0.5, 0.6) is 0 Å². The quantitative estimate of drug-likeness (QED) is 0.689. The normalized spacial score (nSPS) is 43.2. The summed E-state index contributed by atoms with van der Waals surface area (Å²) in [6.07, 6.45) is 2.06. The van der Waals surface area contributed by atoms with E-state index in [0.717, 1.165) is 12.8 Å². The molecular weight excluding hydrogens is 264 g/mol. The minimum Gasteiger partial charge on any atom is -0.432 e. The van der Waals surface area contributed by atoms with Crippen LogP contribution in [0.25, 0.3) is 0 Å². The lowest BCUT2D eigenvalue weighted by atomic mass is 10.2. The van der Waals surface area contributed by atoms with Gasteiger partial charge in [-0.25, -0.2) is 4.79 Å². The van der Waals surface area contributed by atoms with Crippen LogP contribution in [0.1, 0.15) is 25.7 Å². The molecule has 2 amide bonds. The summed E-state index contributed by atoms with van der Waals surface area (Å²) in [5, 5.41) is 5.70. The molecule has 2 saturated carbocycles. The second kappa shape index (κ2) is 3.65. The largest absolute Gasteiger partial charge is 0.508 e. The highest BCUT2D eigenvalue weighted by Crippen LogP contribution is 2.51. The Morgan fingerprint density at radius 1 is 1.00 bits per heavy atom. The number of hydrogen-bond acceptors (Lipinski definition) is 5. The van der Waals surface area contributed by atoms with Gasteiger partial charge in [-0.3, -0.25) is 9.59 Å². The van der Waals surface area contributed by atoms with Crippen molar-refractivity contribution in [1.29, 1.82) is 0 Å². The van der Waals surface area contributed by atoms with Crippen molar-refractivity contribution < 1.29 is 23.9 Å². The third-order valence-corrected chi connectivity index (χ3v) is 5.00. The lowest BCUT2D eigenvalue weighted by Gasteiger charge is -2.16. The summed E-state index contributed by atoms with van der Waals surface area (Å²) in [4.78, 5) is 33.9. The van der Waals surface area contributed by atoms with Crippen LogP contribution >= 0.6 is 0 Å². The van der Waals surface area contributed by atoms with Gasteiger partial charge in [0.25, 0.3) is 0 Å². The Morgan fingerprint density at radius 2 is 1.45 bits per heavy atom. The van der Waals surface area contributed by atoms with Gasteiger partial charge in [-0.05, 0) is 24.7 Å². The maximum Gasteiger partial charge on any atom is 0.508 e. The molecule has 108 valence electrons. The lowest BCUT2D eigenvalue weighted by Crippen LogP contribution is -2.39. The number of nitrogens with one attached hydrogen (secondary N) is 2. The van der Waals surface area contributed by atoms with E-state index in [0.29, 0.717) is 24.7 Å². The minimum atomic E-state index is -0.729. The molecule has 4 aliphatic rings. The molecule has 0 bridgehead atoms. The lowest BCUT2D eigenvalue weighted by molar-refractivity contribution is -0.121. The fourth-order valence-electron chi connectivity index (χ4n) is 3.55. The van der Waals surface area contributed by atoms with Crippen molar-refractivity contribution in [3.8, 4) is 0 Å². The fourth-order valence-corrected chi connectivity index (χ4v) is 3.55. The number of ether oxygens (including phenoxy) is 2. The Labute approximate surface area is 115 Å². The molecular formula is C13H16N2O5. The van der Waals surface area contributed by atoms with Crippen LogP contribution < -0.4 is 10.6 Å². The number of hydrogen-bond donors (Lipinski definition) is 2. The van der Waals surface area contributed by atoms with Gasteiger partial charge >= 0.3 is 6.16 Å². The predicted octanol–water partition coefficient (Wildman–Crippen LogP) is -0.303. The third kappa shape index (κ3) is 1.76. The first kappa shape index (κ1) is 12.0. The Bertz CT molecular complexity index is 477. The van der Waals surface area contributed by atoms with Gasteiger partial charge in [-0.15, -0.1) is 0 Å². The van der Waals surface area contributed by atoms with E-state index < -0.39 is 6.16 Å². The van der Waals surface area contributed by atoms with Crippen LogP contribution in [0.4, 0.5) is 4.79 Å². The molecule has 4 fully saturated rings. The van der Waals surface area contributed by atoms with E-state index in [4.69, 9.17) is 9.47 Å². The second-order valence-electron chi connectivity index (χ2n) is 6.45. The van der Waals surface area contributed by atoms with Crippen LogP contribution in [0.15, 0.2) is 0 Å². The standard InChI is InChI=1S/C13H16N2O5/c16-9-1-7-3-12(7,14-9)5-19-11(18)20-6-13-4-8(13)2-10(17)15-13/h7-8H,1-6H2,(H,14,16)(H,15,17). The van der Waals surface area contributed by atoms with Crippen molar-refractivity contribution in [2.24, 2.45) is 11.8 Å². The molecule has 7 nitrogen and oxygen atoms in total. The van der Waals surface area contributed by atoms with Crippen LogP contribution in [0.2, 0.25) is 0 Å². The topological polar surface area (TPSA) is 93.7 Å². The first-order chi connectivity index (χ1) is 9.51. The number of rotatable bonds is 4. The van der Waals surface area contributed by atoms with E-state index >= 15 is 0 Å². The second-order valence-corrected chi connectivity index (χ2v) is 6.45. The molecule has 4 rings (SSSR count). The highest BCUT2D eigenvalue weighted by atomic mass is 16.7. The minimum absolute atomic E-state index is 0.0200. The number of amides is 2. The van der Waals surface area contributed by atoms with Crippen LogP contribution in [-0.2, 0) is 19.1 Å². The molecule has 0 radical (unpaired) electrons. The van der Waals surface area contributed by atoms with E-state index in [1.165, 1.54) is 0 Å². The number of carbonyl (C=O) groups excluding carboxylic acids is 3.